The van der Waals surface area contributed by atoms with Crippen molar-refractivity contribution in [1.82, 2.24) is 10.6 Å². The maximum atomic E-state index is 11.9. The van der Waals surface area contributed by atoms with E-state index < -0.39 is 0 Å². The first-order chi connectivity index (χ1) is 6.94. The molecule has 0 bridgehead atoms. The Hall–Kier alpha value is -0.610. The van der Waals surface area contributed by atoms with Crippen LogP contribution in [0.2, 0.25) is 0 Å². The van der Waals surface area contributed by atoms with Gasteiger partial charge in [-0.25, -0.2) is 0 Å². The quantitative estimate of drug-likeness (QED) is 0.626. The van der Waals surface area contributed by atoms with Crippen LogP contribution in [-0.4, -0.2) is 30.6 Å². The summed E-state index contributed by atoms with van der Waals surface area (Å²) in [6.45, 7) is 7.42. The van der Waals surface area contributed by atoms with Crippen LogP contribution < -0.4 is 16.4 Å². The fourth-order valence-electron chi connectivity index (χ4n) is 1.96. The number of carbonyl (C=O) groups excluding carboxylic acids is 1. The number of amides is 1. The standard InChI is InChI=1S/C11H23N3O/c1-4-9-8(5-6-13-9)10(15)14-7-11(2,3)12/h8-9,13H,4-7,12H2,1-3H3,(H,14,15). The zero-order chi connectivity index (χ0) is 11.5. The van der Waals surface area contributed by atoms with Crippen LogP contribution in [0, 0.1) is 5.92 Å². The lowest BCUT2D eigenvalue weighted by Gasteiger charge is -2.22. The molecule has 0 aromatic rings. The van der Waals surface area contributed by atoms with Crippen molar-refractivity contribution < 1.29 is 4.79 Å². The number of hydrogen-bond acceptors (Lipinski definition) is 3. The second-order valence-corrected chi connectivity index (χ2v) is 5.07. The summed E-state index contributed by atoms with van der Waals surface area (Å²) in [5.41, 5.74) is 5.49. The summed E-state index contributed by atoms with van der Waals surface area (Å²) in [6.07, 6.45) is 1.94. The first kappa shape index (κ1) is 12.5. The molecule has 0 aromatic heterocycles. The van der Waals surface area contributed by atoms with Crippen LogP contribution in [0.5, 0.6) is 0 Å². The Morgan fingerprint density at radius 2 is 2.27 bits per heavy atom. The van der Waals surface area contributed by atoms with Crippen molar-refractivity contribution in [2.24, 2.45) is 11.7 Å². The van der Waals surface area contributed by atoms with E-state index in [1.54, 1.807) is 0 Å². The normalized spacial score (nSPS) is 26.7. The maximum Gasteiger partial charge on any atom is 0.224 e. The van der Waals surface area contributed by atoms with Crippen molar-refractivity contribution in [1.29, 1.82) is 0 Å². The van der Waals surface area contributed by atoms with E-state index in [0.29, 0.717) is 12.6 Å². The van der Waals surface area contributed by atoms with E-state index in [1.165, 1.54) is 0 Å². The summed E-state index contributed by atoms with van der Waals surface area (Å²) in [4.78, 5) is 11.9. The molecule has 0 aromatic carbocycles. The summed E-state index contributed by atoms with van der Waals surface area (Å²) >= 11 is 0. The predicted octanol–water partition coefficient (Wildman–Crippen LogP) is 0.228. The topological polar surface area (TPSA) is 67.2 Å². The maximum absolute atomic E-state index is 11.9. The fraction of sp³-hybridized carbons (Fsp3) is 0.909. The first-order valence-electron chi connectivity index (χ1n) is 5.74. The second-order valence-electron chi connectivity index (χ2n) is 5.07. The van der Waals surface area contributed by atoms with E-state index in [2.05, 4.69) is 17.6 Å². The van der Waals surface area contributed by atoms with Gasteiger partial charge in [0.25, 0.3) is 0 Å². The van der Waals surface area contributed by atoms with Crippen molar-refractivity contribution in [2.45, 2.75) is 45.2 Å². The van der Waals surface area contributed by atoms with Gasteiger partial charge >= 0.3 is 0 Å². The minimum atomic E-state index is -0.330. The average molecular weight is 213 g/mol. The Balaban J connectivity index is 2.40. The summed E-state index contributed by atoms with van der Waals surface area (Å²) in [5.74, 6) is 0.266. The highest BCUT2D eigenvalue weighted by atomic mass is 16.1. The third-order valence-corrected chi connectivity index (χ3v) is 2.84. The highest BCUT2D eigenvalue weighted by Gasteiger charge is 2.31. The van der Waals surface area contributed by atoms with Gasteiger partial charge in [0.15, 0.2) is 0 Å². The smallest absolute Gasteiger partial charge is 0.224 e. The highest BCUT2D eigenvalue weighted by molar-refractivity contribution is 5.79. The fourth-order valence-corrected chi connectivity index (χ4v) is 1.96. The van der Waals surface area contributed by atoms with Crippen LogP contribution >= 0.6 is 0 Å². The summed E-state index contributed by atoms with van der Waals surface area (Å²) in [6, 6.07) is 0.339. The lowest BCUT2D eigenvalue weighted by atomic mass is 9.97. The van der Waals surface area contributed by atoms with Gasteiger partial charge in [0.05, 0.1) is 5.92 Å². The number of nitrogens with two attached hydrogens (primary N) is 1. The molecule has 4 N–H and O–H groups in total. The van der Waals surface area contributed by atoms with Crippen molar-refractivity contribution in [3.63, 3.8) is 0 Å². The van der Waals surface area contributed by atoms with E-state index in [0.717, 1.165) is 19.4 Å². The SMILES string of the molecule is CCC1NCCC1C(=O)NCC(C)(C)N. The molecule has 4 heteroatoms. The van der Waals surface area contributed by atoms with Crippen molar-refractivity contribution in [2.75, 3.05) is 13.1 Å². The molecule has 15 heavy (non-hydrogen) atoms. The van der Waals surface area contributed by atoms with E-state index in [9.17, 15) is 4.79 Å². The molecule has 0 radical (unpaired) electrons. The van der Waals surface area contributed by atoms with Crippen LogP contribution in [0.3, 0.4) is 0 Å². The molecule has 0 aliphatic carbocycles. The third kappa shape index (κ3) is 3.80. The van der Waals surface area contributed by atoms with Gasteiger partial charge in [-0.15, -0.1) is 0 Å². The lowest BCUT2D eigenvalue weighted by Crippen LogP contribution is -2.48. The average Bonchev–Trinajstić information content (AvgIpc) is 2.60. The van der Waals surface area contributed by atoms with Gasteiger partial charge < -0.3 is 16.4 Å². The van der Waals surface area contributed by atoms with Crippen LogP contribution in [0.1, 0.15) is 33.6 Å². The van der Waals surface area contributed by atoms with Crippen molar-refractivity contribution in [3.05, 3.63) is 0 Å². The van der Waals surface area contributed by atoms with Gasteiger partial charge in [0.2, 0.25) is 5.91 Å². The highest BCUT2D eigenvalue weighted by Crippen LogP contribution is 2.18. The third-order valence-electron chi connectivity index (χ3n) is 2.84. The van der Waals surface area contributed by atoms with Crippen LogP contribution in [0.25, 0.3) is 0 Å². The zero-order valence-electron chi connectivity index (χ0n) is 9.97. The molecule has 88 valence electrons. The molecule has 1 aliphatic rings. The molecular formula is C11H23N3O. The Labute approximate surface area is 92.0 Å². The van der Waals surface area contributed by atoms with Crippen LogP contribution in [-0.2, 0) is 4.79 Å². The molecule has 4 nitrogen and oxygen atoms in total. The monoisotopic (exact) mass is 213 g/mol. The Kier molecular flexibility index (Phi) is 4.11. The number of rotatable bonds is 4. The van der Waals surface area contributed by atoms with Gasteiger partial charge in [0.1, 0.15) is 0 Å². The molecule has 0 spiro atoms. The molecule has 2 atom stereocenters. The van der Waals surface area contributed by atoms with Gasteiger partial charge in [-0.05, 0) is 33.2 Å². The van der Waals surface area contributed by atoms with Gasteiger partial charge in [-0.3, -0.25) is 4.79 Å². The van der Waals surface area contributed by atoms with Crippen LogP contribution in [0.4, 0.5) is 0 Å². The molecule has 2 unspecified atom stereocenters. The molecule has 1 rings (SSSR count). The van der Waals surface area contributed by atoms with Crippen LogP contribution in [0.15, 0.2) is 0 Å². The molecule has 0 saturated carbocycles. The number of hydrogen-bond donors (Lipinski definition) is 3. The Bertz CT molecular complexity index is 222. The molecule has 1 aliphatic heterocycles. The minimum Gasteiger partial charge on any atom is -0.354 e. The van der Waals surface area contributed by atoms with Crippen molar-refractivity contribution in [3.8, 4) is 0 Å². The largest absolute Gasteiger partial charge is 0.354 e. The number of carbonyl (C=O) groups is 1. The Morgan fingerprint density at radius 3 is 2.80 bits per heavy atom. The predicted molar refractivity (Wildman–Crippen MR) is 61.5 cm³/mol. The number of nitrogens with one attached hydrogen (secondary N) is 2. The van der Waals surface area contributed by atoms with E-state index in [1.807, 2.05) is 13.8 Å². The molecule has 1 saturated heterocycles. The van der Waals surface area contributed by atoms with Gasteiger partial charge in [0, 0.05) is 18.1 Å². The van der Waals surface area contributed by atoms with Gasteiger partial charge in [-0.2, -0.15) is 0 Å². The first-order valence-corrected chi connectivity index (χ1v) is 5.74. The molecule has 1 heterocycles. The summed E-state index contributed by atoms with van der Waals surface area (Å²) in [5, 5.41) is 6.27. The second kappa shape index (κ2) is 4.94. The molecule has 1 amide bonds. The molecular weight excluding hydrogens is 190 g/mol. The lowest BCUT2D eigenvalue weighted by molar-refractivity contribution is -0.125. The molecule has 1 fully saturated rings. The van der Waals surface area contributed by atoms with E-state index in [4.69, 9.17) is 5.73 Å². The zero-order valence-corrected chi connectivity index (χ0v) is 9.97. The van der Waals surface area contributed by atoms with E-state index >= 15 is 0 Å². The summed E-state index contributed by atoms with van der Waals surface area (Å²) in [7, 11) is 0. The van der Waals surface area contributed by atoms with Crippen molar-refractivity contribution >= 4 is 5.91 Å². The minimum absolute atomic E-state index is 0.123. The van der Waals surface area contributed by atoms with Gasteiger partial charge in [-0.1, -0.05) is 6.92 Å². The summed E-state index contributed by atoms with van der Waals surface area (Å²) < 4.78 is 0. The Morgan fingerprint density at radius 1 is 1.60 bits per heavy atom. The van der Waals surface area contributed by atoms with E-state index in [-0.39, 0.29) is 17.4 Å².